The van der Waals surface area contributed by atoms with Gasteiger partial charge in [0.05, 0.1) is 30.2 Å². The van der Waals surface area contributed by atoms with Crippen LogP contribution in [0.15, 0.2) is 42.9 Å². The SMILES string of the molecule is C[C@H]1CNC(=O)c2cnn3cc(-c4ccc(NS(C)(=O)=O)cc4Cl)c(nc23)NCc2cc(F)cnc2O1. The Balaban J connectivity index is 1.64. The van der Waals surface area contributed by atoms with Gasteiger partial charge in [-0.1, -0.05) is 17.7 Å². The Kier molecular flexibility index (Phi) is 6.33. The van der Waals surface area contributed by atoms with E-state index < -0.39 is 27.9 Å². The van der Waals surface area contributed by atoms with Crippen molar-refractivity contribution in [2.45, 2.75) is 19.6 Å². The van der Waals surface area contributed by atoms with Crippen molar-refractivity contribution in [2.24, 2.45) is 0 Å². The van der Waals surface area contributed by atoms with Gasteiger partial charge < -0.3 is 15.4 Å². The lowest BCUT2D eigenvalue weighted by Crippen LogP contribution is -2.33. The minimum atomic E-state index is -3.50. The minimum Gasteiger partial charge on any atom is -0.473 e. The zero-order chi connectivity index (χ0) is 26.3. The summed E-state index contributed by atoms with van der Waals surface area (Å²) in [4.78, 5) is 21.6. The lowest BCUT2D eigenvalue weighted by atomic mass is 10.1. The first-order valence-corrected chi connectivity index (χ1v) is 13.3. The summed E-state index contributed by atoms with van der Waals surface area (Å²) in [5.74, 6) is -0.379. The quantitative estimate of drug-likeness (QED) is 0.357. The van der Waals surface area contributed by atoms with Crippen molar-refractivity contribution in [3.8, 4) is 17.0 Å². The number of rotatable bonds is 3. The van der Waals surface area contributed by atoms with Crippen molar-refractivity contribution in [3.63, 3.8) is 0 Å². The number of fused-ring (bicyclic) bond motifs is 2. The van der Waals surface area contributed by atoms with Crippen molar-refractivity contribution in [2.75, 3.05) is 22.8 Å². The normalized spacial score (nSPS) is 16.0. The van der Waals surface area contributed by atoms with E-state index in [9.17, 15) is 17.6 Å². The van der Waals surface area contributed by atoms with Gasteiger partial charge in [0, 0.05) is 35.1 Å². The van der Waals surface area contributed by atoms with E-state index >= 15 is 0 Å². The number of hydrogen-bond donors (Lipinski definition) is 3. The highest BCUT2D eigenvalue weighted by molar-refractivity contribution is 7.92. The molecule has 0 saturated carbocycles. The Morgan fingerprint density at radius 1 is 1.19 bits per heavy atom. The monoisotopic (exact) mass is 545 g/mol. The number of aromatic nitrogens is 4. The number of benzene rings is 1. The molecule has 1 atom stereocenters. The van der Waals surface area contributed by atoms with Crippen molar-refractivity contribution < 1.29 is 22.3 Å². The van der Waals surface area contributed by atoms with Crippen LogP contribution < -0.4 is 20.1 Å². The standard InChI is InChI=1S/C23H21ClFN7O4S/c1-12-7-27-22(33)17-10-29-32-11-18(16-4-3-15(6-19(16)24)31-37(2,34)35)20(30-21(17)32)26-8-13-5-14(25)9-28-23(13)36-12/h3-6,9-12,31H,7-8H2,1-2H3,(H,26,30)(H,27,33)/t12-/m0/s1. The summed E-state index contributed by atoms with van der Waals surface area (Å²) in [5.41, 5.74) is 2.30. The molecular formula is C23H21ClFN7O4S. The van der Waals surface area contributed by atoms with Crippen LogP contribution in [0.4, 0.5) is 15.9 Å². The van der Waals surface area contributed by atoms with Crippen LogP contribution >= 0.6 is 11.6 Å². The molecule has 0 fully saturated rings. The van der Waals surface area contributed by atoms with E-state index in [1.807, 2.05) is 0 Å². The van der Waals surface area contributed by atoms with Crippen LogP contribution in [0.3, 0.4) is 0 Å². The van der Waals surface area contributed by atoms with E-state index in [4.69, 9.17) is 16.3 Å². The van der Waals surface area contributed by atoms with Gasteiger partial charge in [-0.2, -0.15) is 5.10 Å². The summed E-state index contributed by atoms with van der Waals surface area (Å²) < 4.78 is 47.0. The fourth-order valence-corrected chi connectivity index (χ4v) is 4.70. The van der Waals surface area contributed by atoms with E-state index in [2.05, 4.69) is 30.4 Å². The van der Waals surface area contributed by atoms with E-state index in [-0.39, 0.29) is 35.2 Å². The highest BCUT2D eigenvalue weighted by atomic mass is 35.5. The summed E-state index contributed by atoms with van der Waals surface area (Å²) in [6, 6.07) is 5.97. The largest absolute Gasteiger partial charge is 0.473 e. The second kappa shape index (κ2) is 9.48. The van der Waals surface area contributed by atoms with Crippen molar-refractivity contribution in [3.05, 3.63) is 64.8 Å². The molecule has 14 heteroatoms. The van der Waals surface area contributed by atoms with Crippen LogP contribution in [0.5, 0.6) is 5.88 Å². The van der Waals surface area contributed by atoms with Crippen molar-refractivity contribution in [1.82, 2.24) is 24.9 Å². The number of sulfonamides is 1. The molecule has 0 radical (unpaired) electrons. The van der Waals surface area contributed by atoms with E-state index in [0.717, 1.165) is 12.5 Å². The van der Waals surface area contributed by atoms with Crippen LogP contribution in [-0.2, 0) is 16.6 Å². The molecule has 0 spiro atoms. The topological polar surface area (TPSA) is 140 Å². The van der Waals surface area contributed by atoms with Gasteiger partial charge in [0.25, 0.3) is 5.91 Å². The molecule has 0 aliphatic carbocycles. The molecule has 11 nitrogen and oxygen atoms in total. The van der Waals surface area contributed by atoms with Gasteiger partial charge in [-0.15, -0.1) is 0 Å². The molecule has 3 N–H and O–H groups in total. The Bertz CT molecular complexity index is 1640. The lowest BCUT2D eigenvalue weighted by molar-refractivity contribution is 0.0932. The molecule has 37 heavy (non-hydrogen) atoms. The molecule has 3 aromatic heterocycles. The average molecular weight is 546 g/mol. The molecular weight excluding hydrogens is 525 g/mol. The number of carbonyl (C=O) groups is 1. The molecule has 1 amide bonds. The Hall–Kier alpha value is -3.97. The van der Waals surface area contributed by atoms with Gasteiger partial charge in [-0.3, -0.25) is 9.52 Å². The zero-order valence-electron chi connectivity index (χ0n) is 19.6. The van der Waals surface area contributed by atoms with Crippen molar-refractivity contribution >= 4 is 44.7 Å². The smallest absolute Gasteiger partial charge is 0.256 e. The van der Waals surface area contributed by atoms with Gasteiger partial charge in [-0.25, -0.2) is 27.3 Å². The van der Waals surface area contributed by atoms with E-state index in [1.165, 1.54) is 22.8 Å². The Morgan fingerprint density at radius 3 is 2.76 bits per heavy atom. The summed E-state index contributed by atoms with van der Waals surface area (Å²) >= 11 is 6.54. The van der Waals surface area contributed by atoms with Gasteiger partial charge >= 0.3 is 0 Å². The summed E-state index contributed by atoms with van der Waals surface area (Å²) in [6.45, 7) is 2.03. The molecule has 2 bridgehead atoms. The third-order valence-corrected chi connectivity index (χ3v) is 6.42. The zero-order valence-corrected chi connectivity index (χ0v) is 21.2. The Morgan fingerprint density at radius 2 is 2.00 bits per heavy atom. The number of ether oxygens (including phenoxy) is 1. The number of hydrogen-bond acceptors (Lipinski definition) is 8. The second-order valence-corrected chi connectivity index (χ2v) is 10.7. The highest BCUT2D eigenvalue weighted by Gasteiger charge is 2.21. The molecule has 192 valence electrons. The third-order valence-electron chi connectivity index (χ3n) is 5.50. The number of carbonyl (C=O) groups excluding carboxylic acids is 1. The second-order valence-electron chi connectivity index (χ2n) is 8.51. The average Bonchev–Trinajstić information content (AvgIpc) is 3.23. The molecule has 5 rings (SSSR count). The van der Waals surface area contributed by atoms with Crippen LogP contribution in [0.2, 0.25) is 5.02 Å². The molecule has 4 aromatic rings. The van der Waals surface area contributed by atoms with Crippen LogP contribution in [0, 0.1) is 5.82 Å². The first kappa shape index (κ1) is 24.7. The van der Waals surface area contributed by atoms with Gasteiger partial charge in [-0.05, 0) is 25.1 Å². The number of anilines is 2. The third kappa shape index (κ3) is 5.27. The van der Waals surface area contributed by atoms with Gasteiger partial charge in [0.1, 0.15) is 23.3 Å². The summed E-state index contributed by atoms with van der Waals surface area (Å²) in [5, 5.41) is 10.5. The molecule has 0 unspecified atom stereocenters. The number of pyridine rings is 1. The van der Waals surface area contributed by atoms with E-state index in [0.29, 0.717) is 28.2 Å². The lowest BCUT2D eigenvalue weighted by Gasteiger charge is -2.17. The fraction of sp³-hybridized carbons (Fsp3) is 0.217. The molecule has 1 aliphatic rings. The minimum absolute atomic E-state index is 0.0964. The Labute approximate surface area is 216 Å². The fourth-order valence-electron chi connectivity index (χ4n) is 3.86. The van der Waals surface area contributed by atoms with Crippen LogP contribution in [0.25, 0.3) is 16.8 Å². The molecule has 4 heterocycles. The maximum absolute atomic E-state index is 14.0. The first-order valence-electron chi connectivity index (χ1n) is 11.1. The number of nitrogens with zero attached hydrogens (tertiary/aromatic N) is 4. The molecule has 1 aliphatic heterocycles. The van der Waals surface area contributed by atoms with Gasteiger partial charge in [0.2, 0.25) is 15.9 Å². The van der Waals surface area contributed by atoms with Crippen LogP contribution in [0.1, 0.15) is 22.8 Å². The summed E-state index contributed by atoms with van der Waals surface area (Å²) in [6.07, 6.45) is 4.70. The van der Waals surface area contributed by atoms with Gasteiger partial charge in [0.15, 0.2) is 5.65 Å². The number of amides is 1. The van der Waals surface area contributed by atoms with Crippen molar-refractivity contribution in [1.29, 1.82) is 0 Å². The highest BCUT2D eigenvalue weighted by Crippen LogP contribution is 2.35. The predicted molar refractivity (Wildman–Crippen MR) is 136 cm³/mol. The molecule has 1 aromatic carbocycles. The number of nitrogens with one attached hydrogen (secondary N) is 3. The first-order chi connectivity index (χ1) is 17.6. The van der Waals surface area contributed by atoms with Crippen LogP contribution in [-0.4, -0.2) is 52.8 Å². The maximum atomic E-state index is 14.0. The number of halogens is 2. The maximum Gasteiger partial charge on any atom is 0.256 e. The predicted octanol–water partition coefficient (Wildman–Crippen LogP) is 3.08. The molecule has 0 saturated heterocycles. The summed E-state index contributed by atoms with van der Waals surface area (Å²) in [7, 11) is -3.50. The van der Waals surface area contributed by atoms with E-state index in [1.54, 1.807) is 25.3 Å².